The number of nitrogens with zero attached hydrogens (tertiary/aromatic N) is 1. The molecule has 0 spiro atoms. The van der Waals surface area contributed by atoms with Crippen molar-refractivity contribution in [3.63, 3.8) is 0 Å². The number of anilines is 1. The van der Waals surface area contributed by atoms with Crippen molar-refractivity contribution >= 4 is 28.9 Å². The van der Waals surface area contributed by atoms with Crippen molar-refractivity contribution in [2.24, 2.45) is 0 Å². The molecule has 0 fully saturated rings. The molecule has 0 radical (unpaired) electrons. The molecule has 0 saturated carbocycles. The monoisotopic (exact) mass is 242 g/mol. The van der Waals surface area contributed by atoms with Crippen molar-refractivity contribution in [1.82, 2.24) is 0 Å². The number of benzene rings is 1. The highest BCUT2D eigenvalue weighted by atomic mass is 35.5. The average molecular weight is 243 g/mol. The second kappa shape index (κ2) is 5.85. The van der Waals surface area contributed by atoms with Crippen molar-refractivity contribution < 1.29 is 0 Å². The molecule has 1 unspecified atom stereocenters. The molecule has 0 aliphatic heterocycles. The van der Waals surface area contributed by atoms with Gasteiger partial charge in [-0.2, -0.15) is 5.26 Å². The summed E-state index contributed by atoms with van der Waals surface area (Å²) in [6.45, 7) is 2.03. The van der Waals surface area contributed by atoms with Gasteiger partial charge in [0, 0.05) is 11.7 Å². The third-order valence-electron chi connectivity index (χ3n) is 2.12. The van der Waals surface area contributed by atoms with Crippen LogP contribution in [0.1, 0.15) is 19.8 Å². The van der Waals surface area contributed by atoms with E-state index in [0.717, 1.165) is 12.1 Å². The summed E-state index contributed by atoms with van der Waals surface area (Å²) in [6, 6.07) is 7.67. The fraction of sp³-hybridized carbons (Fsp3) is 0.364. The van der Waals surface area contributed by atoms with E-state index >= 15 is 0 Å². The third kappa shape index (κ3) is 3.62. The Morgan fingerprint density at radius 1 is 1.40 bits per heavy atom. The molecule has 0 aromatic heterocycles. The van der Waals surface area contributed by atoms with Gasteiger partial charge in [-0.1, -0.05) is 30.1 Å². The molecule has 0 amide bonds. The first-order chi connectivity index (χ1) is 7.17. The topological polar surface area (TPSA) is 35.8 Å². The molecule has 0 aliphatic carbocycles. The number of hydrogen-bond acceptors (Lipinski definition) is 2. The van der Waals surface area contributed by atoms with Gasteiger partial charge < -0.3 is 5.32 Å². The first-order valence-electron chi connectivity index (χ1n) is 4.76. The Labute approximate surface area is 99.8 Å². The highest BCUT2D eigenvalue weighted by Gasteiger charge is 2.06. The molecule has 1 aromatic rings. The van der Waals surface area contributed by atoms with Crippen LogP contribution in [0.25, 0.3) is 0 Å². The van der Waals surface area contributed by atoms with Crippen LogP contribution >= 0.6 is 23.2 Å². The summed E-state index contributed by atoms with van der Waals surface area (Å²) in [5, 5.41) is 12.9. The van der Waals surface area contributed by atoms with Crippen molar-refractivity contribution in [1.29, 1.82) is 5.26 Å². The molecule has 4 heteroatoms. The molecule has 0 saturated heterocycles. The summed E-state index contributed by atoms with van der Waals surface area (Å²) >= 11 is 11.7. The fourth-order valence-electron chi connectivity index (χ4n) is 1.23. The molecular weight excluding hydrogens is 231 g/mol. The van der Waals surface area contributed by atoms with Crippen LogP contribution in [0.5, 0.6) is 0 Å². The lowest BCUT2D eigenvalue weighted by Crippen LogP contribution is -2.17. The van der Waals surface area contributed by atoms with Crippen LogP contribution in [0.3, 0.4) is 0 Å². The summed E-state index contributed by atoms with van der Waals surface area (Å²) < 4.78 is 0. The maximum Gasteiger partial charge on any atom is 0.0643 e. The minimum atomic E-state index is 0.159. The maximum atomic E-state index is 8.61. The van der Waals surface area contributed by atoms with Gasteiger partial charge in [0.15, 0.2) is 0 Å². The van der Waals surface area contributed by atoms with Gasteiger partial charge >= 0.3 is 0 Å². The zero-order valence-corrected chi connectivity index (χ0v) is 9.94. The quantitative estimate of drug-likeness (QED) is 0.864. The van der Waals surface area contributed by atoms with Crippen molar-refractivity contribution in [3.8, 4) is 6.07 Å². The molecule has 2 nitrogen and oxygen atoms in total. The summed E-state index contributed by atoms with van der Waals surface area (Å²) in [4.78, 5) is 0. The standard InChI is InChI=1S/C11H12Cl2N2/c1-2-8(5-6-14)15-9-3-4-10(12)11(13)7-9/h3-4,7-8,15H,2,5H2,1H3. The highest BCUT2D eigenvalue weighted by molar-refractivity contribution is 6.42. The van der Waals surface area contributed by atoms with E-state index < -0.39 is 0 Å². The van der Waals surface area contributed by atoms with E-state index in [1.807, 2.05) is 13.0 Å². The lowest BCUT2D eigenvalue weighted by atomic mass is 10.1. The van der Waals surface area contributed by atoms with E-state index in [9.17, 15) is 0 Å². The zero-order chi connectivity index (χ0) is 11.3. The van der Waals surface area contributed by atoms with Crippen LogP contribution in [0, 0.1) is 11.3 Å². The van der Waals surface area contributed by atoms with Crippen molar-refractivity contribution in [2.45, 2.75) is 25.8 Å². The van der Waals surface area contributed by atoms with E-state index in [1.165, 1.54) is 0 Å². The Morgan fingerprint density at radius 2 is 2.13 bits per heavy atom. The lowest BCUT2D eigenvalue weighted by Gasteiger charge is -2.15. The van der Waals surface area contributed by atoms with Gasteiger partial charge in [-0.05, 0) is 24.6 Å². The molecule has 1 rings (SSSR count). The number of hydrogen-bond donors (Lipinski definition) is 1. The van der Waals surface area contributed by atoms with Gasteiger partial charge in [-0.15, -0.1) is 0 Å². The molecule has 0 aliphatic rings. The summed E-state index contributed by atoms with van der Waals surface area (Å²) in [5.74, 6) is 0. The predicted octanol–water partition coefficient (Wildman–Crippen LogP) is 4.10. The molecule has 0 heterocycles. The molecule has 0 bridgehead atoms. The van der Waals surface area contributed by atoms with Crippen LogP contribution in [0.2, 0.25) is 10.0 Å². The third-order valence-corrected chi connectivity index (χ3v) is 2.86. The predicted molar refractivity (Wildman–Crippen MR) is 64.4 cm³/mol. The van der Waals surface area contributed by atoms with Crippen LogP contribution in [-0.2, 0) is 0 Å². The van der Waals surface area contributed by atoms with Crippen molar-refractivity contribution in [2.75, 3.05) is 5.32 Å². The van der Waals surface area contributed by atoms with Crippen LogP contribution < -0.4 is 5.32 Å². The zero-order valence-electron chi connectivity index (χ0n) is 8.43. The number of nitrogens with one attached hydrogen (secondary N) is 1. The normalized spacial score (nSPS) is 11.9. The van der Waals surface area contributed by atoms with Gasteiger partial charge in [0.05, 0.1) is 22.5 Å². The van der Waals surface area contributed by atoms with E-state index in [2.05, 4.69) is 11.4 Å². The smallest absolute Gasteiger partial charge is 0.0643 e. The highest BCUT2D eigenvalue weighted by Crippen LogP contribution is 2.25. The van der Waals surface area contributed by atoms with Gasteiger partial charge in [-0.3, -0.25) is 0 Å². The number of nitriles is 1. The second-order valence-corrected chi connectivity index (χ2v) is 4.06. The summed E-state index contributed by atoms with van der Waals surface area (Å²) in [6.07, 6.45) is 1.38. The Balaban J connectivity index is 2.71. The Hall–Kier alpha value is -0.910. The molecule has 1 N–H and O–H groups in total. The minimum Gasteiger partial charge on any atom is -0.381 e. The largest absolute Gasteiger partial charge is 0.381 e. The molecular formula is C11H12Cl2N2. The SMILES string of the molecule is CCC(CC#N)Nc1ccc(Cl)c(Cl)c1. The van der Waals surface area contributed by atoms with Crippen LogP contribution in [0.4, 0.5) is 5.69 Å². The van der Waals surface area contributed by atoms with Crippen LogP contribution in [-0.4, -0.2) is 6.04 Å². The minimum absolute atomic E-state index is 0.159. The fourth-order valence-corrected chi connectivity index (χ4v) is 1.53. The van der Waals surface area contributed by atoms with E-state index in [0.29, 0.717) is 16.5 Å². The lowest BCUT2D eigenvalue weighted by molar-refractivity contribution is 0.711. The van der Waals surface area contributed by atoms with Crippen molar-refractivity contribution in [3.05, 3.63) is 28.2 Å². The summed E-state index contributed by atoms with van der Waals surface area (Å²) in [7, 11) is 0. The van der Waals surface area contributed by atoms with Gasteiger partial charge in [0.1, 0.15) is 0 Å². The molecule has 1 aromatic carbocycles. The Morgan fingerprint density at radius 3 is 2.67 bits per heavy atom. The molecule has 1 atom stereocenters. The number of rotatable bonds is 4. The summed E-state index contributed by atoms with van der Waals surface area (Å²) in [5.41, 5.74) is 0.895. The first-order valence-corrected chi connectivity index (χ1v) is 5.51. The molecule has 80 valence electrons. The van der Waals surface area contributed by atoms with E-state index in [-0.39, 0.29) is 6.04 Å². The van der Waals surface area contributed by atoms with Crippen LogP contribution in [0.15, 0.2) is 18.2 Å². The van der Waals surface area contributed by atoms with Gasteiger partial charge in [0.25, 0.3) is 0 Å². The average Bonchev–Trinajstić information content (AvgIpc) is 2.23. The van der Waals surface area contributed by atoms with Gasteiger partial charge in [0.2, 0.25) is 0 Å². The van der Waals surface area contributed by atoms with E-state index in [4.69, 9.17) is 28.5 Å². The molecule has 15 heavy (non-hydrogen) atoms. The Bertz CT molecular complexity index is 371. The first kappa shape index (κ1) is 12.2. The maximum absolute atomic E-state index is 8.61. The van der Waals surface area contributed by atoms with E-state index in [1.54, 1.807) is 12.1 Å². The second-order valence-electron chi connectivity index (χ2n) is 3.24. The Kier molecular flexibility index (Phi) is 4.74. The van der Waals surface area contributed by atoms with Gasteiger partial charge in [-0.25, -0.2) is 0 Å². The number of halogens is 2.